The van der Waals surface area contributed by atoms with E-state index in [-0.39, 0.29) is 12.8 Å². The zero-order valence-electron chi connectivity index (χ0n) is 17.5. The van der Waals surface area contributed by atoms with Crippen LogP contribution in [0.15, 0.2) is 30.3 Å². The summed E-state index contributed by atoms with van der Waals surface area (Å²) in [5.41, 5.74) is -4.48. The number of hydrogen-bond acceptors (Lipinski definition) is 5. The molecular weight excluding hydrogens is 437 g/mol. The van der Waals surface area contributed by atoms with Crippen molar-refractivity contribution in [1.82, 2.24) is 10.6 Å². The van der Waals surface area contributed by atoms with E-state index in [1.54, 1.807) is 51.1 Å². The Morgan fingerprint density at radius 2 is 1.65 bits per heavy atom. The molecule has 3 N–H and O–H groups in total. The minimum atomic E-state index is -4.55. The van der Waals surface area contributed by atoms with Gasteiger partial charge < -0.3 is 20.5 Å². The third kappa shape index (κ3) is 13.5. The third-order valence-corrected chi connectivity index (χ3v) is 4.61. The average molecular weight is 465 g/mol. The number of alkyl halides is 3. The van der Waals surface area contributed by atoms with Gasteiger partial charge in [-0.3, -0.25) is 9.59 Å². The van der Waals surface area contributed by atoms with Crippen LogP contribution in [0.3, 0.4) is 0 Å². The first kappa shape index (κ1) is 26.6. The second-order valence-electron chi connectivity index (χ2n) is 7.86. The van der Waals surface area contributed by atoms with Crippen LogP contribution in [0, 0.1) is 0 Å². The van der Waals surface area contributed by atoms with Crippen molar-refractivity contribution in [2.24, 2.45) is 0 Å². The van der Waals surface area contributed by atoms with Crippen LogP contribution >= 0.6 is 11.8 Å². The molecule has 2 atom stereocenters. The molecule has 0 spiro atoms. The zero-order chi connectivity index (χ0) is 23.7. The molecule has 0 aliphatic rings. The van der Waals surface area contributed by atoms with Crippen LogP contribution in [0.25, 0.3) is 0 Å². The number of thioether (sulfide) groups is 1. The lowest BCUT2D eigenvalue weighted by atomic mass is 10.0. The largest absolute Gasteiger partial charge is 0.481 e. The van der Waals surface area contributed by atoms with Gasteiger partial charge in [0, 0.05) is 24.3 Å². The van der Waals surface area contributed by atoms with Crippen LogP contribution < -0.4 is 10.6 Å². The quantitative estimate of drug-likeness (QED) is 0.488. The third-order valence-electron chi connectivity index (χ3n) is 3.71. The Balaban J connectivity index is 2.82. The molecule has 0 fully saturated rings. The van der Waals surface area contributed by atoms with Crippen LogP contribution in [-0.2, 0) is 20.7 Å². The van der Waals surface area contributed by atoms with E-state index in [4.69, 9.17) is 9.84 Å². The summed E-state index contributed by atoms with van der Waals surface area (Å²) >= 11 is -0.404. The molecule has 0 bridgehead atoms. The maximum Gasteiger partial charge on any atom is 0.441 e. The summed E-state index contributed by atoms with van der Waals surface area (Å²) < 4.78 is 42.6. The molecule has 0 saturated carbocycles. The molecule has 0 aliphatic carbocycles. The van der Waals surface area contributed by atoms with Gasteiger partial charge >= 0.3 is 17.6 Å². The molecule has 174 valence electrons. The molecule has 31 heavy (non-hydrogen) atoms. The van der Waals surface area contributed by atoms with E-state index in [1.807, 2.05) is 0 Å². The zero-order valence-corrected chi connectivity index (χ0v) is 18.3. The number of carboxylic acids is 1. The molecular formula is C20H27F3N2O5S. The lowest BCUT2D eigenvalue weighted by molar-refractivity contribution is -0.137. The summed E-state index contributed by atoms with van der Waals surface area (Å²) in [7, 11) is 0. The van der Waals surface area contributed by atoms with Gasteiger partial charge in [-0.25, -0.2) is 4.79 Å². The number of halogens is 3. The van der Waals surface area contributed by atoms with Gasteiger partial charge in [-0.2, -0.15) is 13.2 Å². The molecule has 1 aromatic carbocycles. The van der Waals surface area contributed by atoms with Crippen molar-refractivity contribution in [1.29, 1.82) is 0 Å². The number of alkyl carbamates (subject to hydrolysis) is 1. The fourth-order valence-electron chi connectivity index (χ4n) is 2.61. The first-order valence-electron chi connectivity index (χ1n) is 9.49. The minimum Gasteiger partial charge on any atom is -0.481 e. The highest BCUT2D eigenvalue weighted by molar-refractivity contribution is 8.00. The fraction of sp³-hybridized carbons (Fsp3) is 0.550. The van der Waals surface area contributed by atoms with E-state index >= 15 is 0 Å². The molecule has 0 heterocycles. The lowest BCUT2D eigenvalue weighted by Crippen LogP contribution is -2.45. The summed E-state index contributed by atoms with van der Waals surface area (Å²) in [6.45, 7) is 5.04. The predicted molar refractivity (Wildman–Crippen MR) is 111 cm³/mol. The summed E-state index contributed by atoms with van der Waals surface area (Å²) in [5, 5.41) is 13.8. The van der Waals surface area contributed by atoms with Crippen molar-refractivity contribution in [3.63, 3.8) is 0 Å². The molecule has 0 radical (unpaired) electrons. The second kappa shape index (κ2) is 11.8. The summed E-state index contributed by atoms with van der Waals surface area (Å²) in [6, 6.07) is 7.06. The Hall–Kier alpha value is -2.43. The van der Waals surface area contributed by atoms with Gasteiger partial charge in [0.25, 0.3) is 0 Å². The van der Waals surface area contributed by atoms with Gasteiger partial charge in [0.2, 0.25) is 5.91 Å². The van der Waals surface area contributed by atoms with Gasteiger partial charge in [-0.15, -0.1) is 0 Å². The Bertz CT molecular complexity index is 739. The number of aliphatic carboxylic acids is 1. The van der Waals surface area contributed by atoms with Crippen LogP contribution in [0.1, 0.15) is 39.2 Å². The van der Waals surface area contributed by atoms with E-state index in [2.05, 4.69) is 10.6 Å². The highest BCUT2D eigenvalue weighted by Crippen LogP contribution is 2.30. The van der Waals surface area contributed by atoms with Crippen molar-refractivity contribution >= 4 is 29.7 Å². The van der Waals surface area contributed by atoms with E-state index in [1.165, 1.54) is 0 Å². The average Bonchev–Trinajstić information content (AvgIpc) is 2.57. The van der Waals surface area contributed by atoms with Crippen molar-refractivity contribution < 1.29 is 37.4 Å². The van der Waals surface area contributed by atoms with Crippen molar-refractivity contribution in [2.45, 2.75) is 63.2 Å². The molecule has 2 amide bonds. The second-order valence-corrected chi connectivity index (χ2v) is 8.94. The van der Waals surface area contributed by atoms with Gasteiger partial charge in [0.1, 0.15) is 5.60 Å². The van der Waals surface area contributed by atoms with Crippen molar-refractivity contribution in [2.75, 3.05) is 5.75 Å². The number of carbonyl (C=O) groups excluding carboxylic acids is 2. The predicted octanol–water partition coefficient (Wildman–Crippen LogP) is 3.73. The first-order chi connectivity index (χ1) is 14.2. The number of benzene rings is 1. The molecule has 1 aromatic rings. The molecule has 0 aromatic heterocycles. The molecule has 0 unspecified atom stereocenters. The van der Waals surface area contributed by atoms with Gasteiger partial charge in [-0.1, -0.05) is 30.3 Å². The standard InChI is InChI=1S/C20H27F3N2O5S/c1-19(2,3)30-18(29)25-14(9-13-7-5-4-6-8-13)10-16(26)24-15(11-17(27)28)12-31-20(21,22)23/h4-8,14-15H,9-12H2,1-3H3,(H,24,26)(H,25,29)(H,27,28)/t14-,15-/m0/s1. The summed E-state index contributed by atoms with van der Waals surface area (Å²) in [5.74, 6) is -2.64. The Labute approximate surface area is 183 Å². The van der Waals surface area contributed by atoms with Gasteiger partial charge in [0.15, 0.2) is 0 Å². The summed E-state index contributed by atoms with van der Waals surface area (Å²) in [6.07, 6.45) is -1.39. The highest BCUT2D eigenvalue weighted by atomic mass is 32.2. The summed E-state index contributed by atoms with van der Waals surface area (Å²) in [4.78, 5) is 35.5. The molecule has 7 nitrogen and oxygen atoms in total. The van der Waals surface area contributed by atoms with Crippen LogP contribution in [0.5, 0.6) is 0 Å². The number of carbonyl (C=O) groups is 3. The Morgan fingerprint density at radius 3 is 2.16 bits per heavy atom. The van der Waals surface area contributed by atoms with Gasteiger partial charge in [-0.05, 0) is 44.5 Å². The topological polar surface area (TPSA) is 105 Å². The minimum absolute atomic E-state index is 0.263. The highest BCUT2D eigenvalue weighted by Gasteiger charge is 2.31. The fourth-order valence-corrected chi connectivity index (χ4v) is 3.21. The number of rotatable bonds is 10. The van der Waals surface area contributed by atoms with Gasteiger partial charge in [0.05, 0.1) is 6.42 Å². The van der Waals surface area contributed by atoms with Crippen LogP contribution in [0.2, 0.25) is 0 Å². The normalized spacial score (nSPS) is 13.7. The van der Waals surface area contributed by atoms with Crippen LogP contribution in [0.4, 0.5) is 18.0 Å². The van der Waals surface area contributed by atoms with E-state index < -0.39 is 65.1 Å². The number of amides is 2. The Kier molecular flexibility index (Phi) is 10.1. The van der Waals surface area contributed by atoms with Crippen LogP contribution in [-0.4, -0.2) is 52.0 Å². The number of hydrogen-bond donors (Lipinski definition) is 3. The first-order valence-corrected chi connectivity index (χ1v) is 10.5. The van der Waals surface area contributed by atoms with Crippen molar-refractivity contribution in [3.05, 3.63) is 35.9 Å². The van der Waals surface area contributed by atoms with E-state index in [0.29, 0.717) is 0 Å². The number of nitrogens with one attached hydrogen (secondary N) is 2. The van der Waals surface area contributed by atoms with E-state index in [0.717, 1.165) is 5.56 Å². The number of carboxylic acid groups (broad SMARTS) is 1. The number of ether oxygens (including phenoxy) is 1. The molecule has 0 saturated heterocycles. The maximum absolute atomic E-state index is 12.5. The monoisotopic (exact) mass is 464 g/mol. The SMILES string of the molecule is CC(C)(C)OC(=O)N[C@H](CC(=O)N[C@H](CSC(F)(F)F)CC(=O)O)Cc1ccccc1. The molecule has 0 aliphatic heterocycles. The lowest BCUT2D eigenvalue weighted by Gasteiger charge is -2.24. The molecule has 11 heteroatoms. The molecule has 1 rings (SSSR count). The van der Waals surface area contributed by atoms with Crippen molar-refractivity contribution in [3.8, 4) is 0 Å². The van der Waals surface area contributed by atoms with E-state index in [9.17, 15) is 27.6 Å². The smallest absolute Gasteiger partial charge is 0.441 e. The maximum atomic E-state index is 12.5. The Morgan fingerprint density at radius 1 is 1.03 bits per heavy atom.